The largest absolute Gasteiger partial charge is 0.472 e. The van der Waals surface area contributed by atoms with Gasteiger partial charge in [0.05, 0.1) is 26.4 Å². The van der Waals surface area contributed by atoms with Crippen molar-refractivity contribution in [2.75, 3.05) is 39.6 Å². The smallest absolute Gasteiger partial charge is 0.463 e. The number of aliphatic hydroxyl groups is 2. The Hall–Kier alpha value is -4.83. The number of aliphatic hydroxyl groups excluding tert-OH is 2. The molecule has 0 saturated heterocycles. The van der Waals surface area contributed by atoms with E-state index in [1.807, 2.05) is 0 Å². The first-order valence-corrected chi connectivity index (χ1v) is 46.8. The molecule has 636 valence electrons. The van der Waals surface area contributed by atoms with Gasteiger partial charge >= 0.3 is 33.6 Å². The quantitative estimate of drug-likeness (QED) is 0.0146. The second-order valence-electron chi connectivity index (χ2n) is 28.9. The molecule has 0 aliphatic carbocycles. The van der Waals surface area contributed by atoms with E-state index in [9.17, 15) is 43.5 Å². The summed E-state index contributed by atoms with van der Waals surface area (Å²) in [6.45, 7) is 2.40. The van der Waals surface area contributed by atoms with Crippen LogP contribution in [0, 0.1) is 0 Å². The zero-order chi connectivity index (χ0) is 80.8. The maximum atomic E-state index is 13.0. The second kappa shape index (κ2) is 84.6. The Morgan fingerprint density at radius 2 is 0.477 bits per heavy atom. The Bertz CT molecular complexity index is 2650. The lowest BCUT2D eigenvalue weighted by Gasteiger charge is -2.21. The van der Waals surface area contributed by atoms with Crippen molar-refractivity contribution in [3.63, 3.8) is 0 Å². The lowest BCUT2D eigenvalue weighted by atomic mass is 10.0. The summed E-state index contributed by atoms with van der Waals surface area (Å²) in [6.07, 6.45) is 107. The fourth-order valence-electron chi connectivity index (χ4n) is 11.6. The van der Waals surface area contributed by atoms with E-state index in [-0.39, 0.29) is 19.3 Å². The summed E-state index contributed by atoms with van der Waals surface area (Å²) in [5.41, 5.74) is 0. The number of phosphoric ester groups is 2. The SMILES string of the molecule is CC/C=C\C/C=C\C/C=C\C/C=C\C/C=C\C/C=C\CCCCCCCCCCCCCCCCC(=O)OCC(O)COP(=O)(O)OCC(O)COP(=O)(O)OCC(COC(=O)CCCCCCCCCCCCCCC/C=C\C/C=C\C/C=C\C/C=C\C/C=C\CC)OC(=O)CCCCCCC/C=C\C/C=C\CCC. The number of allylic oxidation sites excluding steroid dienone is 26. The molecule has 111 heavy (non-hydrogen) atoms. The monoisotopic (exact) mass is 1590 g/mol. The van der Waals surface area contributed by atoms with Crippen molar-refractivity contribution in [2.24, 2.45) is 0 Å². The van der Waals surface area contributed by atoms with E-state index in [0.29, 0.717) is 19.3 Å². The van der Waals surface area contributed by atoms with Crippen LogP contribution in [0.3, 0.4) is 0 Å². The maximum Gasteiger partial charge on any atom is 0.472 e. The van der Waals surface area contributed by atoms with Crippen molar-refractivity contribution in [3.05, 3.63) is 158 Å². The number of hydrogen-bond acceptors (Lipinski definition) is 14. The number of esters is 3. The summed E-state index contributed by atoms with van der Waals surface area (Å²) < 4.78 is 61.3. The van der Waals surface area contributed by atoms with Crippen molar-refractivity contribution in [1.82, 2.24) is 0 Å². The van der Waals surface area contributed by atoms with Crippen LogP contribution < -0.4 is 0 Å². The van der Waals surface area contributed by atoms with Crippen LogP contribution in [0.5, 0.6) is 0 Å². The Morgan fingerprint density at radius 3 is 0.757 bits per heavy atom. The third-order valence-electron chi connectivity index (χ3n) is 18.2. The highest BCUT2D eigenvalue weighted by Gasteiger charge is 2.29. The Kier molecular flexibility index (Phi) is 80.9. The van der Waals surface area contributed by atoms with Gasteiger partial charge in [0.25, 0.3) is 0 Å². The molecule has 0 rings (SSSR count). The van der Waals surface area contributed by atoms with E-state index in [0.717, 1.165) is 180 Å². The molecular formula is C93H158O16P2. The molecule has 0 saturated carbocycles. The molecule has 16 nitrogen and oxygen atoms in total. The number of carbonyl (C=O) groups is 3. The van der Waals surface area contributed by atoms with Gasteiger partial charge in [0.2, 0.25) is 0 Å². The topological polar surface area (TPSA) is 231 Å². The number of ether oxygens (including phenoxy) is 3. The van der Waals surface area contributed by atoms with E-state index in [2.05, 4.69) is 179 Å². The summed E-state index contributed by atoms with van der Waals surface area (Å²) >= 11 is 0. The van der Waals surface area contributed by atoms with Gasteiger partial charge in [-0.15, -0.1) is 0 Å². The van der Waals surface area contributed by atoms with E-state index >= 15 is 0 Å². The van der Waals surface area contributed by atoms with Gasteiger partial charge in [0.1, 0.15) is 25.4 Å². The van der Waals surface area contributed by atoms with Crippen LogP contribution in [0.15, 0.2) is 158 Å². The van der Waals surface area contributed by atoms with Crippen LogP contribution in [0.4, 0.5) is 0 Å². The molecule has 0 aromatic heterocycles. The van der Waals surface area contributed by atoms with Crippen molar-refractivity contribution < 1.29 is 75.8 Å². The molecule has 0 bridgehead atoms. The van der Waals surface area contributed by atoms with Crippen LogP contribution in [0.25, 0.3) is 0 Å². The van der Waals surface area contributed by atoms with Gasteiger partial charge in [0, 0.05) is 19.3 Å². The zero-order valence-corrected chi connectivity index (χ0v) is 71.6. The molecule has 0 spiro atoms. The molecule has 4 N–H and O–H groups in total. The van der Waals surface area contributed by atoms with Gasteiger partial charge in [-0.2, -0.15) is 0 Å². The number of phosphoric acid groups is 2. The lowest BCUT2D eigenvalue weighted by molar-refractivity contribution is -0.161. The van der Waals surface area contributed by atoms with Crippen molar-refractivity contribution >= 4 is 33.6 Å². The minimum atomic E-state index is -4.94. The molecule has 0 fully saturated rings. The molecule has 18 heteroatoms. The van der Waals surface area contributed by atoms with E-state index < -0.39 is 91.5 Å². The van der Waals surface area contributed by atoms with Gasteiger partial charge in [0.15, 0.2) is 6.10 Å². The predicted molar refractivity (Wildman–Crippen MR) is 463 cm³/mol. The Morgan fingerprint density at radius 1 is 0.261 bits per heavy atom. The average molecular weight is 1590 g/mol. The number of carbonyl (C=O) groups excluding carboxylic acids is 3. The lowest BCUT2D eigenvalue weighted by Crippen LogP contribution is -2.30. The minimum Gasteiger partial charge on any atom is -0.463 e. The highest BCUT2D eigenvalue weighted by Crippen LogP contribution is 2.45. The van der Waals surface area contributed by atoms with Crippen molar-refractivity contribution in [3.8, 4) is 0 Å². The fraction of sp³-hybridized carbons (Fsp3) is 0.688. The number of unbranched alkanes of at least 4 members (excludes halogenated alkanes) is 33. The van der Waals surface area contributed by atoms with E-state index in [4.69, 9.17) is 32.3 Å². The maximum absolute atomic E-state index is 13.0. The fourth-order valence-corrected chi connectivity index (χ4v) is 13.2. The molecule has 0 amide bonds. The molecule has 0 radical (unpaired) electrons. The summed E-state index contributed by atoms with van der Waals surface area (Å²) in [5.74, 6) is -1.59. The van der Waals surface area contributed by atoms with Crippen LogP contribution >= 0.6 is 15.6 Å². The summed E-state index contributed by atoms with van der Waals surface area (Å²) in [4.78, 5) is 58.8. The van der Waals surface area contributed by atoms with Gasteiger partial charge in [-0.25, -0.2) is 9.13 Å². The first kappa shape index (κ1) is 106. The summed E-state index contributed by atoms with van der Waals surface area (Å²) in [6, 6.07) is 0. The Balaban J connectivity index is 4.43. The summed E-state index contributed by atoms with van der Waals surface area (Å²) in [5, 5.41) is 20.7. The molecular weight excluding hydrogens is 1430 g/mol. The standard InChI is InChI=1S/C93H158O16P2/c1-4-7-10-13-16-19-22-25-27-29-31-33-35-37-39-41-42-43-44-46-48-49-51-53-55-57-59-62-64-67-70-73-76-79-91(96)103-82-88(94)83-105-110(99,100)106-84-89(95)85-107-111(101,102)108-87-90(109-93(98)81-78-75-72-69-66-61-24-21-18-15-12-9-6-3)86-104-92(97)80-77-74-71-68-65-63-60-58-56-54-52-50-47-45-40-38-36-34-32-30-28-26-23-20-17-14-11-8-5-2/h7-8,10-12,15-17,19-21,24-28,31-34,37-40,42-43,88-90,94-95H,4-6,9,13-14,18,22-23,29-30,35-36,41,44-87H2,1-3H3,(H,99,100)(H,101,102)/b10-7-,11-8-,15-12-,19-16-,20-17-,24-21-,27-25-,28-26-,33-31-,34-32-,39-37-,40-38-,43-42-. The van der Waals surface area contributed by atoms with E-state index in [1.165, 1.54) is 116 Å². The third kappa shape index (κ3) is 85.9. The predicted octanol–water partition coefficient (Wildman–Crippen LogP) is 26.5. The second-order valence-corrected chi connectivity index (χ2v) is 31.8. The molecule has 5 atom stereocenters. The van der Waals surface area contributed by atoms with Gasteiger partial charge in [-0.1, -0.05) is 352 Å². The molecule has 0 heterocycles. The third-order valence-corrected chi connectivity index (χ3v) is 20.1. The normalized spacial score (nSPS) is 14.6. The number of hydrogen-bond donors (Lipinski definition) is 4. The average Bonchev–Trinajstić information content (AvgIpc) is 0.978. The van der Waals surface area contributed by atoms with Gasteiger partial charge < -0.3 is 34.2 Å². The van der Waals surface area contributed by atoms with Gasteiger partial charge in [-0.05, 0) is 141 Å². The number of rotatable bonds is 82. The van der Waals surface area contributed by atoms with Crippen LogP contribution in [0.1, 0.15) is 355 Å². The first-order valence-electron chi connectivity index (χ1n) is 43.8. The van der Waals surface area contributed by atoms with Crippen molar-refractivity contribution in [1.29, 1.82) is 0 Å². The highest BCUT2D eigenvalue weighted by molar-refractivity contribution is 7.47. The molecule has 5 unspecified atom stereocenters. The minimum absolute atomic E-state index is 0.0861. The summed E-state index contributed by atoms with van der Waals surface area (Å²) in [7, 11) is -9.80. The highest BCUT2D eigenvalue weighted by atomic mass is 31.2. The van der Waals surface area contributed by atoms with Crippen LogP contribution in [0.2, 0.25) is 0 Å². The zero-order valence-electron chi connectivity index (χ0n) is 69.8. The van der Waals surface area contributed by atoms with Crippen molar-refractivity contribution in [2.45, 2.75) is 373 Å². The van der Waals surface area contributed by atoms with Crippen LogP contribution in [-0.4, -0.2) is 95.9 Å². The molecule has 0 aromatic carbocycles. The van der Waals surface area contributed by atoms with E-state index in [1.54, 1.807) is 0 Å². The van der Waals surface area contributed by atoms with Crippen LogP contribution in [-0.2, 0) is 55.8 Å². The first-order chi connectivity index (χ1) is 54.2. The Labute approximate surface area is 676 Å². The molecule has 0 aromatic rings. The van der Waals surface area contributed by atoms with Gasteiger partial charge in [-0.3, -0.25) is 32.5 Å². The molecule has 0 aliphatic heterocycles. The molecule has 0 aliphatic rings.